The molecule has 0 saturated heterocycles. The third kappa shape index (κ3) is 3.60. The number of nitrogens with zero attached hydrogens (tertiary/aromatic N) is 2. The Morgan fingerprint density at radius 1 is 1.17 bits per heavy atom. The van der Waals surface area contributed by atoms with Gasteiger partial charge >= 0.3 is 0 Å². The fourth-order valence-electron chi connectivity index (χ4n) is 4.07. The van der Waals surface area contributed by atoms with Gasteiger partial charge in [-0.05, 0) is 70.2 Å². The van der Waals surface area contributed by atoms with Crippen LogP contribution in [0.5, 0.6) is 0 Å². The van der Waals surface area contributed by atoms with Crippen molar-refractivity contribution in [3.05, 3.63) is 68.9 Å². The van der Waals surface area contributed by atoms with Crippen LogP contribution in [0.1, 0.15) is 56.2 Å². The lowest BCUT2D eigenvalue weighted by molar-refractivity contribution is 0.102. The molecule has 5 nitrogen and oxygen atoms in total. The summed E-state index contributed by atoms with van der Waals surface area (Å²) >= 11 is 1.71. The lowest BCUT2D eigenvalue weighted by Crippen LogP contribution is -2.17. The van der Waals surface area contributed by atoms with E-state index >= 15 is 0 Å². The Morgan fingerprint density at radius 3 is 2.62 bits per heavy atom. The normalized spacial score (nSPS) is 13.6. The van der Waals surface area contributed by atoms with E-state index in [-0.39, 0.29) is 5.91 Å². The number of benzene rings is 1. The van der Waals surface area contributed by atoms with E-state index in [9.17, 15) is 4.79 Å². The van der Waals surface area contributed by atoms with E-state index < -0.39 is 0 Å². The molecule has 0 bridgehead atoms. The highest BCUT2D eigenvalue weighted by molar-refractivity contribution is 7.15. The van der Waals surface area contributed by atoms with Crippen molar-refractivity contribution in [1.29, 1.82) is 0 Å². The minimum Gasteiger partial charge on any atom is -0.411 e. The smallest absolute Gasteiger partial charge is 0.258 e. The van der Waals surface area contributed by atoms with E-state index in [0.717, 1.165) is 64.4 Å². The van der Waals surface area contributed by atoms with Crippen molar-refractivity contribution in [1.82, 2.24) is 4.57 Å². The van der Waals surface area contributed by atoms with Crippen LogP contribution < -0.4 is 5.32 Å². The molecule has 6 heteroatoms. The van der Waals surface area contributed by atoms with Gasteiger partial charge in [-0.2, -0.15) is 0 Å². The molecule has 0 fully saturated rings. The maximum Gasteiger partial charge on any atom is 0.258 e. The first kappa shape index (κ1) is 19.5. The first-order valence-corrected chi connectivity index (χ1v) is 10.7. The van der Waals surface area contributed by atoms with Crippen molar-refractivity contribution in [2.45, 2.75) is 46.5 Å². The molecule has 0 saturated carbocycles. The summed E-state index contributed by atoms with van der Waals surface area (Å²) in [5.41, 5.74) is 6.75. The topological polar surface area (TPSA) is 66.6 Å². The summed E-state index contributed by atoms with van der Waals surface area (Å²) in [6.45, 7) is 6.04. The summed E-state index contributed by atoms with van der Waals surface area (Å²) in [4.78, 5) is 14.7. The lowest BCUT2D eigenvalue weighted by Gasteiger charge is -2.14. The van der Waals surface area contributed by atoms with Crippen LogP contribution in [0.4, 0.5) is 5.69 Å². The van der Waals surface area contributed by atoms with Crippen molar-refractivity contribution in [2.75, 3.05) is 5.32 Å². The number of nitrogens with one attached hydrogen (secondary N) is 1. The van der Waals surface area contributed by atoms with Crippen LogP contribution in [-0.2, 0) is 12.8 Å². The maximum atomic E-state index is 13.4. The van der Waals surface area contributed by atoms with Gasteiger partial charge in [0.25, 0.3) is 5.91 Å². The van der Waals surface area contributed by atoms with Crippen molar-refractivity contribution >= 4 is 29.1 Å². The Hall–Kier alpha value is -2.86. The number of amides is 1. The molecular weight excluding hydrogens is 382 g/mol. The predicted octanol–water partition coefficient (Wildman–Crippen LogP) is 5.40. The number of rotatable bonds is 4. The third-order valence-electron chi connectivity index (χ3n) is 5.56. The molecule has 1 amide bonds. The molecular formula is C23H25N3O2S. The SMILES string of the molecule is Cc1ccc(NC(=O)c2c(-n3c(C)cc(C=NO)c3C)sc3c2CCCC3)cc1. The Labute approximate surface area is 174 Å². The Morgan fingerprint density at radius 2 is 1.90 bits per heavy atom. The van der Waals surface area contributed by atoms with Gasteiger partial charge in [0, 0.05) is 27.5 Å². The Kier molecular flexibility index (Phi) is 5.28. The van der Waals surface area contributed by atoms with Gasteiger partial charge in [0.1, 0.15) is 5.00 Å². The number of hydrogen-bond acceptors (Lipinski definition) is 4. The van der Waals surface area contributed by atoms with Gasteiger partial charge < -0.3 is 15.1 Å². The maximum absolute atomic E-state index is 13.4. The second kappa shape index (κ2) is 7.87. The molecule has 0 unspecified atom stereocenters. The monoisotopic (exact) mass is 407 g/mol. The fraction of sp³-hybridized carbons (Fsp3) is 0.304. The molecule has 3 aromatic rings. The number of thiophene rings is 1. The number of fused-ring (bicyclic) bond motifs is 1. The summed E-state index contributed by atoms with van der Waals surface area (Å²) in [5, 5.41) is 16.2. The second-order valence-electron chi connectivity index (χ2n) is 7.62. The van der Waals surface area contributed by atoms with Crippen LogP contribution >= 0.6 is 11.3 Å². The molecule has 0 atom stereocenters. The van der Waals surface area contributed by atoms with Crippen LogP contribution in [0.2, 0.25) is 0 Å². The molecule has 2 N–H and O–H groups in total. The summed E-state index contributed by atoms with van der Waals surface area (Å²) in [6, 6.07) is 9.86. The molecule has 1 aliphatic carbocycles. The summed E-state index contributed by atoms with van der Waals surface area (Å²) in [5.74, 6) is -0.0619. The van der Waals surface area contributed by atoms with Crippen LogP contribution in [-0.4, -0.2) is 21.9 Å². The first-order valence-electron chi connectivity index (χ1n) is 9.89. The van der Waals surface area contributed by atoms with Crippen molar-refractivity contribution in [3.63, 3.8) is 0 Å². The molecule has 0 radical (unpaired) electrons. The van der Waals surface area contributed by atoms with Crippen molar-refractivity contribution in [2.24, 2.45) is 5.16 Å². The first-order chi connectivity index (χ1) is 14.0. The predicted molar refractivity (Wildman–Crippen MR) is 118 cm³/mol. The van der Waals surface area contributed by atoms with Crippen molar-refractivity contribution in [3.8, 4) is 5.00 Å². The van der Waals surface area contributed by atoms with Crippen LogP contribution in [0.15, 0.2) is 35.5 Å². The molecule has 2 aromatic heterocycles. The van der Waals surface area contributed by atoms with E-state index in [1.807, 2.05) is 51.1 Å². The van der Waals surface area contributed by atoms with E-state index in [4.69, 9.17) is 5.21 Å². The Balaban J connectivity index is 1.82. The molecule has 150 valence electrons. The summed E-state index contributed by atoms with van der Waals surface area (Å²) in [7, 11) is 0. The van der Waals surface area contributed by atoms with E-state index in [2.05, 4.69) is 15.0 Å². The molecule has 0 spiro atoms. The number of aromatic nitrogens is 1. The number of carbonyl (C=O) groups excluding carboxylic acids is 1. The minimum atomic E-state index is -0.0619. The van der Waals surface area contributed by atoms with Gasteiger partial charge in [-0.3, -0.25) is 4.79 Å². The lowest BCUT2D eigenvalue weighted by atomic mass is 9.95. The van der Waals surface area contributed by atoms with Gasteiger partial charge in [-0.15, -0.1) is 11.3 Å². The number of carbonyl (C=O) groups is 1. The molecule has 2 heterocycles. The van der Waals surface area contributed by atoms with Crippen LogP contribution in [0.3, 0.4) is 0 Å². The molecule has 1 aromatic carbocycles. The molecule has 29 heavy (non-hydrogen) atoms. The number of aryl methyl sites for hydroxylation is 3. The molecule has 4 rings (SSSR count). The highest BCUT2D eigenvalue weighted by Crippen LogP contribution is 2.39. The van der Waals surface area contributed by atoms with E-state index in [1.54, 1.807) is 11.3 Å². The zero-order valence-electron chi connectivity index (χ0n) is 17.0. The highest BCUT2D eigenvalue weighted by atomic mass is 32.1. The van der Waals surface area contributed by atoms with Gasteiger partial charge in [0.15, 0.2) is 0 Å². The number of anilines is 1. The standard InChI is InChI=1S/C23H25N3O2S/c1-14-8-10-18(11-9-14)25-22(27)21-19-6-4-5-7-20(19)29-23(21)26-15(2)12-17(13-24-28)16(26)3/h8-13,28H,4-7H2,1-3H3,(H,25,27). The number of oxime groups is 1. The summed E-state index contributed by atoms with van der Waals surface area (Å²) in [6.07, 6.45) is 5.68. The zero-order valence-corrected chi connectivity index (χ0v) is 17.8. The van der Waals surface area contributed by atoms with Crippen molar-refractivity contribution < 1.29 is 10.0 Å². The quantitative estimate of drug-likeness (QED) is 0.345. The van der Waals surface area contributed by atoms with Crippen LogP contribution in [0.25, 0.3) is 5.00 Å². The fourth-order valence-corrected chi connectivity index (χ4v) is 5.56. The van der Waals surface area contributed by atoms with Gasteiger partial charge in [-0.25, -0.2) is 0 Å². The average molecular weight is 408 g/mol. The summed E-state index contributed by atoms with van der Waals surface area (Å²) < 4.78 is 2.12. The van der Waals surface area contributed by atoms with Gasteiger partial charge in [-0.1, -0.05) is 22.9 Å². The second-order valence-corrected chi connectivity index (χ2v) is 8.70. The average Bonchev–Trinajstić information content (AvgIpc) is 3.20. The highest BCUT2D eigenvalue weighted by Gasteiger charge is 2.28. The van der Waals surface area contributed by atoms with Gasteiger partial charge in [0.2, 0.25) is 0 Å². The molecule has 1 aliphatic rings. The Bertz CT molecular complexity index is 1090. The number of hydrogen-bond donors (Lipinski definition) is 2. The molecule has 0 aliphatic heterocycles. The van der Waals surface area contributed by atoms with Gasteiger partial charge in [0.05, 0.1) is 11.8 Å². The third-order valence-corrected chi connectivity index (χ3v) is 6.84. The zero-order chi connectivity index (χ0) is 20.5. The van der Waals surface area contributed by atoms with E-state index in [0.29, 0.717) is 0 Å². The largest absolute Gasteiger partial charge is 0.411 e. The van der Waals surface area contributed by atoms with E-state index in [1.165, 1.54) is 16.7 Å². The minimum absolute atomic E-state index is 0.0619. The van der Waals surface area contributed by atoms with Crippen LogP contribution in [0, 0.1) is 20.8 Å².